The first-order valence-corrected chi connectivity index (χ1v) is 9.09. The summed E-state index contributed by atoms with van der Waals surface area (Å²) in [5.41, 5.74) is 4.70. The van der Waals surface area contributed by atoms with Gasteiger partial charge in [0.25, 0.3) is 5.91 Å². The summed E-state index contributed by atoms with van der Waals surface area (Å²) >= 11 is 0. The quantitative estimate of drug-likeness (QED) is 0.514. The van der Waals surface area contributed by atoms with E-state index in [0.29, 0.717) is 5.69 Å². The largest absolute Gasteiger partial charge is 0.321 e. The van der Waals surface area contributed by atoms with E-state index in [4.69, 9.17) is 0 Å². The second-order valence-electron chi connectivity index (χ2n) is 6.49. The van der Waals surface area contributed by atoms with Crippen LogP contribution in [-0.4, -0.2) is 30.5 Å². The van der Waals surface area contributed by atoms with Gasteiger partial charge in [-0.3, -0.25) is 9.36 Å². The van der Waals surface area contributed by atoms with Crippen LogP contribution in [0, 0.1) is 0 Å². The van der Waals surface area contributed by atoms with Gasteiger partial charge >= 0.3 is 0 Å². The SMILES string of the molecule is O=C(Nc1ccc(-n2cnc3ccccc32)cc1)c1cn(-c2ccccc2)nn1. The number of hydrogen-bond acceptors (Lipinski definition) is 4. The first-order chi connectivity index (χ1) is 14.3. The highest BCUT2D eigenvalue weighted by Crippen LogP contribution is 2.20. The molecule has 1 N–H and O–H groups in total. The molecule has 3 aromatic carbocycles. The van der Waals surface area contributed by atoms with Crippen molar-refractivity contribution >= 4 is 22.6 Å². The van der Waals surface area contributed by atoms with Gasteiger partial charge in [-0.25, -0.2) is 9.67 Å². The van der Waals surface area contributed by atoms with E-state index in [1.807, 2.05) is 83.4 Å². The number of nitrogens with one attached hydrogen (secondary N) is 1. The first kappa shape index (κ1) is 16.9. The van der Waals surface area contributed by atoms with Crippen LogP contribution in [0.25, 0.3) is 22.4 Å². The third-order valence-electron chi connectivity index (χ3n) is 4.60. The Morgan fingerprint density at radius 2 is 1.59 bits per heavy atom. The highest BCUT2D eigenvalue weighted by molar-refractivity contribution is 6.02. The van der Waals surface area contributed by atoms with Gasteiger partial charge in [-0.05, 0) is 48.5 Å². The summed E-state index contributed by atoms with van der Waals surface area (Å²) in [6.07, 6.45) is 3.40. The summed E-state index contributed by atoms with van der Waals surface area (Å²) in [6.45, 7) is 0. The Hall–Kier alpha value is -4.26. The molecule has 1 amide bonds. The molecule has 2 heterocycles. The van der Waals surface area contributed by atoms with Gasteiger partial charge in [0.15, 0.2) is 5.69 Å². The van der Waals surface area contributed by atoms with Crippen LogP contribution in [0.3, 0.4) is 0 Å². The minimum absolute atomic E-state index is 0.249. The summed E-state index contributed by atoms with van der Waals surface area (Å²) in [5.74, 6) is -0.312. The number of imidazole rings is 1. The molecule has 0 bridgehead atoms. The standard InChI is InChI=1S/C22H16N6O/c29-22(20-14-28(26-25-20)18-6-2-1-3-7-18)24-16-10-12-17(13-11-16)27-15-23-19-8-4-5-9-21(19)27/h1-15H,(H,24,29). The monoisotopic (exact) mass is 380 g/mol. The lowest BCUT2D eigenvalue weighted by Crippen LogP contribution is -2.12. The number of carbonyl (C=O) groups is 1. The smallest absolute Gasteiger partial charge is 0.277 e. The van der Waals surface area contributed by atoms with Crippen LogP contribution in [0.1, 0.15) is 10.5 Å². The van der Waals surface area contributed by atoms with Crippen LogP contribution in [0.2, 0.25) is 0 Å². The number of fused-ring (bicyclic) bond motifs is 1. The van der Waals surface area contributed by atoms with Gasteiger partial charge in [-0.1, -0.05) is 35.5 Å². The third-order valence-corrected chi connectivity index (χ3v) is 4.60. The Balaban J connectivity index is 1.34. The minimum atomic E-state index is -0.312. The zero-order chi connectivity index (χ0) is 19.6. The maximum absolute atomic E-state index is 12.5. The van der Waals surface area contributed by atoms with Crippen molar-refractivity contribution in [3.05, 3.63) is 97.1 Å². The highest BCUT2D eigenvalue weighted by atomic mass is 16.2. The van der Waals surface area contributed by atoms with Crippen LogP contribution in [0.5, 0.6) is 0 Å². The molecule has 7 heteroatoms. The Morgan fingerprint density at radius 1 is 0.828 bits per heavy atom. The number of hydrogen-bond donors (Lipinski definition) is 1. The Kier molecular flexibility index (Phi) is 4.10. The maximum Gasteiger partial charge on any atom is 0.277 e. The summed E-state index contributed by atoms with van der Waals surface area (Å²) < 4.78 is 3.58. The number of benzene rings is 3. The van der Waals surface area contributed by atoms with E-state index in [1.54, 1.807) is 17.2 Å². The van der Waals surface area contributed by atoms with Crippen LogP contribution >= 0.6 is 0 Å². The average Bonchev–Trinajstić information content (AvgIpc) is 3.43. The highest BCUT2D eigenvalue weighted by Gasteiger charge is 2.12. The molecule has 29 heavy (non-hydrogen) atoms. The van der Waals surface area contributed by atoms with Crippen LogP contribution in [-0.2, 0) is 0 Å². The van der Waals surface area contributed by atoms with Crippen molar-refractivity contribution in [2.24, 2.45) is 0 Å². The van der Waals surface area contributed by atoms with E-state index >= 15 is 0 Å². The van der Waals surface area contributed by atoms with Crippen molar-refractivity contribution in [2.45, 2.75) is 0 Å². The van der Waals surface area contributed by atoms with Gasteiger partial charge in [-0.15, -0.1) is 5.10 Å². The summed E-state index contributed by atoms with van der Waals surface area (Å²) in [4.78, 5) is 16.9. The molecule has 0 radical (unpaired) electrons. The van der Waals surface area contributed by atoms with Crippen molar-refractivity contribution in [3.8, 4) is 11.4 Å². The topological polar surface area (TPSA) is 77.6 Å². The fourth-order valence-electron chi connectivity index (χ4n) is 3.14. The Bertz CT molecular complexity index is 1290. The normalized spacial score (nSPS) is 10.9. The number of anilines is 1. The fourth-order valence-corrected chi connectivity index (χ4v) is 3.14. The van der Waals surface area contributed by atoms with E-state index in [1.165, 1.54) is 0 Å². The molecule has 0 atom stereocenters. The van der Waals surface area contributed by atoms with Gasteiger partial charge in [0.05, 0.1) is 22.9 Å². The van der Waals surface area contributed by atoms with Gasteiger partial charge in [0.2, 0.25) is 0 Å². The number of nitrogens with zero attached hydrogens (tertiary/aromatic N) is 5. The fraction of sp³-hybridized carbons (Fsp3) is 0. The molecule has 7 nitrogen and oxygen atoms in total. The van der Waals surface area contributed by atoms with Crippen molar-refractivity contribution in [1.82, 2.24) is 24.5 Å². The summed E-state index contributed by atoms with van der Waals surface area (Å²) in [5, 5.41) is 10.8. The van der Waals surface area contributed by atoms with Crippen LogP contribution < -0.4 is 5.32 Å². The number of amides is 1. The third kappa shape index (κ3) is 3.25. The summed E-state index contributed by atoms with van der Waals surface area (Å²) in [6, 6.07) is 25.0. The van der Waals surface area contributed by atoms with Crippen molar-refractivity contribution in [3.63, 3.8) is 0 Å². The number of aromatic nitrogens is 5. The van der Waals surface area contributed by atoms with Crippen LogP contribution in [0.15, 0.2) is 91.4 Å². The van der Waals surface area contributed by atoms with Crippen molar-refractivity contribution in [1.29, 1.82) is 0 Å². The second-order valence-corrected chi connectivity index (χ2v) is 6.49. The maximum atomic E-state index is 12.5. The van der Waals surface area contributed by atoms with Gasteiger partial charge in [0, 0.05) is 11.4 Å². The molecule has 0 aliphatic heterocycles. The predicted octanol–water partition coefficient (Wildman–Crippen LogP) is 3.86. The molecule has 0 unspecified atom stereocenters. The van der Waals surface area contributed by atoms with Crippen molar-refractivity contribution in [2.75, 3.05) is 5.32 Å². The number of para-hydroxylation sites is 3. The first-order valence-electron chi connectivity index (χ1n) is 9.09. The van der Waals surface area contributed by atoms with E-state index in [0.717, 1.165) is 22.4 Å². The lowest BCUT2D eigenvalue weighted by atomic mass is 10.2. The molecule has 0 saturated heterocycles. The second kappa shape index (κ2) is 7.05. The molecular formula is C22H16N6O. The molecule has 0 fully saturated rings. The lowest BCUT2D eigenvalue weighted by Gasteiger charge is -2.07. The number of carbonyl (C=O) groups excluding carboxylic acids is 1. The molecule has 0 saturated carbocycles. The van der Waals surface area contributed by atoms with E-state index < -0.39 is 0 Å². The van der Waals surface area contributed by atoms with Gasteiger partial charge < -0.3 is 5.32 Å². The number of rotatable bonds is 4. The van der Waals surface area contributed by atoms with Crippen molar-refractivity contribution < 1.29 is 4.79 Å². The lowest BCUT2D eigenvalue weighted by molar-refractivity contribution is 0.102. The van der Waals surface area contributed by atoms with Gasteiger partial charge in [0.1, 0.15) is 6.33 Å². The molecular weight excluding hydrogens is 364 g/mol. The molecule has 2 aromatic heterocycles. The van der Waals surface area contributed by atoms with E-state index in [9.17, 15) is 4.79 Å². The zero-order valence-electron chi connectivity index (χ0n) is 15.3. The molecule has 0 aliphatic rings. The Labute approximate surface area is 166 Å². The minimum Gasteiger partial charge on any atom is -0.321 e. The summed E-state index contributed by atoms with van der Waals surface area (Å²) in [7, 11) is 0. The zero-order valence-corrected chi connectivity index (χ0v) is 15.3. The van der Waals surface area contributed by atoms with E-state index in [-0.39, 0.29) is 11.6 Å². The Morgan fingerprint density at radius 3 is 2.41 bits per heavy atom. The predicted molar refractivity (Wildman–Crippen MR) is 110 cm³/mol. The average molecular weight is 380 g/mol. The molecule has 0 spiro atoms. The van der Waals surface area contributed by atoms with Crippen LogP contribution in [0.4, 0.5) is 5.69 Å². The molecule has 5 rings (SSSR count). The molecule has 140 valence electrons. The molecule has 5 aromatic rings. The van der Waals surface area contributed by atoms with Gasteiger partial charge in [-0.2, -0.15) is 0 Å². The molecule has 0 aliphatic carbocycles. The van der Waals surface area contributed by atoms with E-state index in [2.05, 4.69) is 20.6 Å².